The number of nitrogens with zero attached hydrogens (tertiary/aromatic N) is 4. The van der Waals surface area contributed by atoms with E-state index in [4.69, 9.17) is 10.5 Å². The number of benzene rings is 1. The Morgan fingerprint density at radius 1 is 1.20 bits per heavy atom. The van der Waals surface area contributed by atoms with Gasteiger partial charge >= 0.3 is 0 Å². The number of aromatic nitrogens is 5. The highest BCUT2D eigenvalue weighted by Crippen LogP contribution is 2.22. The number of hydrogen-bond acceptors (Lipinski definition) is 6. The number of nitrogens with one attached hydrogen (secondary N) is 1. The number of carbonyl (C=O) groups is 1. The van der Waals surface area contributed by atoms with Gasteiger partial charge in [0.15, 0.2) is 0 Å². The fourth-order valence-electron chi connectivity index (χ4n) is 2.54. The molecule has 4 aromatic rings. The number of rotatable bonds is 3. The minimum absolute atomic E-state index is 0.250. The molecule has 3 heterocycles. The second kappa shape index (κ2) is 5.75. The molecule has 8 heteroatoms. The highest BCUT2D eigenvalue weighted by atomic mass is 16.5. The van der Waals surface area contributed by atoms with Crippen LogP contribution in [0.25, 0.3) is 22.3 Å². The zero-order chi connectivity index (χ0) is 17.4. The topological polar surface area (TPSA) is 112 Å². The number of pyridine rings is 1. The van der Waals surface area contributed by atoms with Crippen molar-refractivity contribution in [2.24, 2.45) is 0 Å². The third-order valence-corrected chi connectivity index (χ3v) is 3.84. The SMILES string of the molecule is COc1ccc(-c2cc(N)n(C(=O)c3ccc4nc[nH]c4c3)n2)cn1. The van der Waals surface area contributed by atoms with Crippen LogP contribution in [0, 0.1) is 0 Å². The molecule has 0 fully saturated rings. The number of fused-ring (bicyclic) bond motifs is 1. The first kappa shape index (κ1) is 14.9. The van der Waals surface area contributed by atoms with Crippen molar-refractivity contribution in [2.45, 2.75) is 0 Å². The van der Waals surface area contributed by atoms with E-state index in [1.54, 1.807) is 56.0 Å². The van der Waals surface area contributed by atoms with Crippen molar-refractivity contribution in [3.05, 3.63) is 54.5 Å². The van der Waals surface area contributed by atoms with Gasteiger partial charge in [-0.2, -0.15) is 9.78 Å². The molecule has 0 aliphatic heterocycles. The minimum atomic E-state index is -0.318. The van der Waals surface area contributed by atoms with E-state index in [2.05, 4.69) is 20.1 Å². The number of H-pyrrole nitrogens is 1. The maximum Gasteiger partial charge on any atom is 0.280 e. The third kappa shape index (κ3) is 2.59. The summed E-state index contributed by atoms with van der Waals surface area (Å²) in [6.07, 6.45) is 3.20. The molecule has 25 heavy (non-hydrogen) atoms. The molecular formula is C17H14N6O2. The molecule has 1 aromatic carbocycles. The van der Waals surface area contributed by atoms with Crippen LogP contribution in [0.2, 0.25) is 0 Å². The molecule has 0 bridgehead atoms. The predicted molar refractivity (Wildman–Crippen MR) is 92.2 cm³/mol. The Bertz CT molecular complexity index is 1060. The Morgan fingerprint density at radius 2 is 2.08 bits per heavy atom. The van der Waals surface area contributed by atoms with Gasteiger partial charge in [-0.3, -0.25) is 4.79 Å². The average molecular weight is 334 g/mol. The van der Waals surface area contributed by atoms with E-state index < -0.39 is 0 Å². The van der Waals surface area contributed by atoms with E-state index in [0.29, 0.717) is 17.1 Å². The number of imidazole rings is 1. The van der Waals surface area contributed by atoms with Crippen molar-refractivity contribution < 1.29 is 9.53 Å². The maximum absolute atomic E-state index is 12.7. The highest BCUT2D eigenvalue weighted by Gasteiger charge is 2.16. The van der Waals surface area contributed by atoms with Crippen LogP contribution >= 0.6 is 0 Å². The zero-order valence-electron chi connectivity index (χ0n) is 13.3. The molecule has 0 unspecified atom stereocenters. The number of nitrogen functional groups attached to an aromatic ring is 1. The monoisotopic (exact) mass is 334 g/mol. The van der Waals surface area contributed by atoms with Crippen molar-refractivity contribution in [3.63, 3.8) is 0 Å². The van der Waals surface area contributed by atoms with Gasteiger partial charge in [0, 0.05) is 29.5 Å². The van der Waals surface area contributed by atoms with Gasteiger partial charge in [0.25, 0.3) is 5.91 Å². The summed E-state index contributed by atoms with van der Waals surface area (Å²) in [4.78, 5) is 24.0. The highest BCUT2D eigenvalue weighted by molar-refractivity contribution is 5.99. The molecule has 0 radical (unpaired) electrons. The third-order valence-electron chi connectivity index (χ3n) is 3.84. The molecule has 0 aliphatic rings. The fourth-order valence-corrected chi connectivity index (χ4v) is 2.54. The number of methoxy groups -OCH3 is 1. The van der Waals surface area contributed by atoms with Crippen LogP contribution in [0.3, 0.4) is 0 Å². The minimum Gasteiger partial charge on any atom is -0.481 e. The van der Waals surface area contributed by atoms with E-state index in [0.717, 1.165) is 16.6 Å². The number of aromatic amines is 1. The van der Waals surface area contributed by atoms with Crippen LogP contribution in [0.15, 0.2) is 48.9 Å². The lowest BCUT2D eigenvalue weighted by molar-refractivity contribution is 0.0948. The van der Waals surface area contributed by atoms with Gasteiger partial charge in [-0.1, -0.05) is 0 Å². The quantitative estimate of drug-likeness (QED) is 0.593. The van der Waals surface area contributed by atoms with E-state index in [-0.39, 0.29) is 11.7 Å². The van der Waals surface area contributed by atoms with Crippen LogP contribution in [-0.4, -0.2) is 37.7 Å². The summed E-state index contributed by atoms with van der Waals surface area (Å²) in [5, 5.41) is 4.32. The molecular weight excluding hydrogens is 320 g/mol. The molecule has 3 aromatic heterocycles. The number of carbonyl (C=O) groups excluding carboxylic acids is 1. The lowest BCUT2D eigenvalue weighted by Crippen LogP contribution is -2.16. The van der Waals surface area contributed by atoms with Crippen LogP contribution in [0.4, 0.5) is 5.82 Å². The van der Waals surface area contributed by atoms with Gasteiger partial charge in [-0.25, -0.2) is 9.97 Å². The zero-order valence-corrected chi connectivity index (χ0v) is 13.3. The first-order valence-electron chi connectivity index (χ1n) is 7.49. The second-order valence-corrected chi connectivity index (χ2v) is 5.40. The van der Waals surface area contributed by atoms with Gasteiger partial charge in [-0.05, 0) is 24.3 Å². The van der Waals surface area contributed by atoms with Crippen LogP contribution in [-0.2, 0) is 0 Å². The van der Waals surface area contributed by atoms with Crippen LogP contribution in [0.5, 0.6) is 5.88 Å². The summed E-state index contributed by atoms with van der Waals surface area (Å²) in [5.74, 6) is 0.433. The standard InChI is InChI=1S/C17H14N6O2/c1-25-16-5-3-11(8-19-16)13-7-15(18)23(22-13)17(24)10-2-4-12-14(6-10)21-9-20-12/h2-9H,18H2,1H3,(H,20,21). The van der Waals surface area contributed by atoms with Gasteiger partial charge in [-0.15, -0.1) is 0 Å². The summed E-state index contributed by atoms with van der Waals surface area (Å²) in [6.45, 7) is 0. The molecule has 0 atom stereocenters. The Hall–Kier alpha value is -3.68. The summed E-state index contributed by atoms with van der Waals surface area (Å²) >= 11 is 0. The molecule has 8 nitrogen and oxygen atoms in total. The molecule has 0 spiro atoms. The molecule has 124 valence electrons. The van der Waals surface area contributed by atoms with Gasteiger partial charge in [0.1, 0.15) is 5.82 Å². The average Bonchev–Trinajstić information content (AvgIpc) is 3.27. The van der Waals surface area contributed by atoms with E-state index in [1.807, 2.05) is 0 Å². The smallest absolute Gasteiger partial charge is 0.280 e. The molecule has 4 rings (SSSR count). The number of anilines is 1. The summed E-state index contributed by atoms with van der Waals surface area (Å²) < 4.78 is 6.21. The largest absolute Gasteiger partial charge is 0.481 e. The summed E-state index contributed by atoms with van der Waals surface area (Å²) in [5.41, 5.74) is 9.30. The van der Waals surface area contributed by atoms with E-state index in [9.17, 15) is 4.79 Å². The van der Waals surface area contributed by atoms with Crippen molar-refractivity contribution in [2.75, 3.05) is 12.8 Å². The fraction of sp³-hybridized carbons (Fsp3) is 0.0588. The Kier molecular flexibility index (Phi) is 3.42. The van der Waals surface area contributed by atoms with Crippen LogP contribution < -0.4 is 10.5 Å². The second-order valence-electron chi connectivity index (χ2n) is 5.40. The van der Waals surface area contributed by atoms with Gasteiger partial charge < -0.3 is 15.5 Å². The summed E-state index contributed by atoms with van der Waals surface area (Å²) in [7, 11) is 1.55. The van der Waals surface area contributed by atoms with E-state index in [1.165, 1.54) is 4.68 Å². The number of hydrogen-bond donors (Lipinski definition) is 2. The van der Waals surface area contributed by atoms with Crippen LogP contribution in [0.1, 0.15) is 10.4 Å². The predicted octanol–water partition coefficient (Wildman–Crippen LogP) is 2.10. The molecule has 3 N–H and O–H groups in total. The van der Waals surface area contributed by atoms with Crippen molar-refractivity contribution in [1.29, 1.82) is 0 Å². The Morgan fingerprint density at radius 3 is 2.84 bits per heavy atom. The number of nitrogens with two attached hydrogens (primary N) is 1. The maximum atomic E-state index is 12.7. The van der Waals surface area contributed by atoms with Crippen molar-refractivity contribution in [3.8, 4) is 17.1 Å². The summed E-state index contributed by atoms with van der Waals surface area (Å²) in [6, 6.07) is 10.3. The Balaban J connectivity index is 1.70. The molecule has 0 saturated carbocycles. The first-order valence-corrected chi connectivity index (χ1v) is 7.49. The van der Waals surface area contributed by atoms with Crippen molar-refractivity contribution >= 4 is 22.8 Å². The lowest BCUT2D eigenvalue weighted by Gasteiger charge is -2.03. The van der Waals surface area contributed by atoms with Crippen molar-refractivity contribution in [1.82, 2.24) is 24.7 Å². The normalized spacial score (nSPS) is 10.9. The van der Waals surface area contributed by atoms with E-state index >= 15 is 0 Å². The first-order chi connectivity index (χ1) is 12.2. The Labute approximate surface area is 142 Å². The number of ether oxygens (including phenoxy) is 1. The molecule has 0 saturated heterocycles. The van der Waals surface area contributed by atoms with Gasteiger partial charge in [0.05, 0.1) is 30.2 Å². The molecule has 0 amide bonds. The molecule has 0 aliphatic carbocycles. The van der Waals surface area contributed by atoms with Gasteiger partial charge in [0.2, 0.25) is 5.88 Å². The lowest BCUT2D eigenvalue weighted by atomic mass is 10.2.